The monoisotopic (exact) mass is 340 g/mol. The van der Waals surface area contributed by atoms with Gasteiger partial charge in [0.2, 0.25) is 0 Å². The van der Waals surface area contributed by atoms with Crippen molar-refractivity contribution >= 4 is 16.8 Å². The average molecular weight is 341 g/mol. The third-order valence-corrected chi connectivity index (χ3v) is 3.68. The van der Waals surface area contributed by atoms with Crippen molar-refractivity contribution in [2.24, 2.45) is 0 Å². The molecule has 0 aliphatic heterocycles. The zero-order chi connectivity index (χ0) is 17.5. The van der Waals surface area contributed by atoms with Gasteiger partial charge in [0.25, 0.3) is 5.24 Å². The van der Waals surface area contributed by atoms with Gasteiger partial charge >= 0.3 is 0 Å². The minimum absolute atomic E-state index is 0.344. The third-order valence-electron chi connectivity index (χ3n) is 3.49. The van der Waals surface area contributed by atoms with Crippen LogP contribution in [0.5, 0.6) is 0 Å². The summed E-state index contributed by atoms with van der Waals surface area (Å²) in [4.78, 5) is 11.9. The van der Waals surface area contributed by atoms with Crippen LogP contribution in [-0.2, 0) is 0 Å². The third kappa shape index (κ3) is 4.39. The Morgan fingerprint density at radius 2 is 1.04 bits per heavy atom. The summed E-state index contributed by atoms with van der Waals surface area (Å²) in [6, 6.07) is 24.5. The molecule has 0 amide bonds. The normalized spacial score (nSPS) is 9.32. The van der Waals surface area contributed by atoms with Crippen molar-refractivity contribution in [3.05, 3.63) is 107 Å². The van der Waals surface area contributed by atoms with Crippen LogP contribution in [0.2, 0.25) is 0 Å². The van der Waals surface area contributed by atoms with Crippen molar-refractivity contribution in [2.45, 2.75) is 0 Å². The van der Waals surface area contributed by atoms with Gasteiger partial charge in [-0.2, -0.15) is 0 Å². The minimum Gasteiger partial charge on any atom is -0.276 e. The van der Waals surface area contributed by atoms with E-state index >= 15 is 0 Å². The topological polar surface area (TPSA) is 17.1 Å². The Morgan fingerprint density at radius 1 is 0.600 bits per heavy atom. The SMILES string of the molecule is O=C(Cl)c1c(C#Cc2ccccc2)cccc1C#Cc1ccccc1. The molecule has 0 unspecified atom stereocenters. The predicted molar refractivity (Wildman–Crippen MR) is 101 cm³/mol. The number of hydrogen-bond acceptors (Lipinski definition) is 1. The number of benzene rings is 3. The highest BCUT2D eigenvalue weighted by molar-refractivity contribution is 6.68. The van der Waals surface area contributed by atoms with Crippen LogP contribution in [0.25, 0.3) is 0 Å². The summed E-state index contributed by atoms with van der Waals surface area (Å²) in [5.41, 5.74) is 3.23. The Morgan fingerprint density at radius 3 is 1.44 bits per heavy atom. The van der Waals surface area contributed by atoms with E-state index < -0.39 is 5.24 Å². The maximum absolute atomic E-state index is 11.9. The molecule has 0 aliphatic carbocycles. The second-order valence-corrected chi connectivity index (χ2v) is 5.58. The quantitative estimate of drug-likeness (QED) is 0.456. The number of halogens is 1. The predicted octanol–water partition coefficient (Wildman–Crippen LogP) is 4.87. The van der Waals surface area contributed by atoms with Crippen LogP contribution < -0.4 is 0 Å². The van der Waals surface area contributed by atoms with E-state index in [1.165, 1.54) is 0 Å². The van der Waals surface area contributed by atoms with Crippen molar-refractivity contribution in [3.63, 3.8) is 0 Å². The second-order valence-electron chi connectivity index (χ2n) is 5.23. The summed E-state index contributed by atoms with van der Waals surface area (Å²) < 4.78 is 0. The summed E-state index contributed by atoms with van der Waals surface area (Å²) >= 11 is 5.80. The van der Waals surface area contributed by atoms with Crippen molar-refractivity contribution in [1.29, 1.82) is 0 Å². The van der Waals surface area contributed by atoms with E-state index in [0.29, 0.717) is 16.7 Å². The van der Waals surface area contributed by atoms with Gasteiger partial charge in [0.15, 0.2) is 0 Å². The molecule has 3 rings (SSSR count). The molecule has 0 radical (unpaired) electrons. The minimum atomic E-state index is -0.560. The van der Waals surface area contributed by atoms with Crippen LogP contribution >= 0.6 is 11.6 Å². The van der Waals surface area contributed by atoms with Crippen molar-refractivity contribution in [3.8, 4) is 23.7 Å². The van der Waals surface area contributed by atoms with E-state index in [9.17, 15) is 4.79 Å². The molecule has 0 atom stereocenters. The first kappa shape index (κ1) is 16.6. The molecule has 0 saturated carbocycles. The first-order valence-corrected chi connectivity index (χ1v) is 8.09. The second kappa shape index (κ2) is 8.02. The molecule has 0 N–H and O–H groups in total. The van der Waals surface area contributed by atoms with Crippen LogP contribution in [0, 0.1) is 23.7 Å². The fourth-order valence-electron chi connectivity index (χ4n) is 2.29. The van der Waals surface area contributed by atoms with Gasteiger partial charge in [-0.1, -0.05) is 66.1 Å². The van der Waals surface area contributed by atoms with Gasteiger partial charge in [-0.15, -0.1) is 0 Å². The summed E-state index contributed by atoms with van der Waals surface area (Å²) in [7, 11) is 0. The molecule has 0 aliphatic rings. The van der Waals surface area contributed by atoms with Gasteiger partial charge in [0.1, 0.15) is 0 Å². The molecule has 118 valence electrons. The number of hydrogen-bond donors (Lipinski definition) is 0. The Hall–Kier alpha value is -3.26. The van der Waals surface area contributed by atoms with E-state index in [4.69, 9.17) is 11.6 Å². The lowest BCUT2D eigenvalue weighted by Gasteiger charge is -2.02. The molecule has 25 heavy (non-hydrogen) atoms. The summed E-state index contributed by atoms with van der Waals surface area (Å²) in [6.07, 6.45) is 0. The number of carbonyl (C=O) groups excluding carboxylic acids is 1. The van der Waals surface area contributed by atoms with Gasteiger partial charge < -0.3 is 0 Å². The molecule has 3 aromatic rings. The number of rotatable bonds is 1. The largest absolute Gasteiger partial charge is 0.276 e. The highest BCUT2D eigenvalue weighted by atomic mass is 35.5. The van der Waals surface area contributed by atoms with Gasteiger partial charge in [-0.3, -0.25) is 4.79 Å². The fourth-order valence-corrected chi connectivity index (χ4v) is 2.50. The maximum atomic E-state index is 11.9. The Labute approximate surface area is 152 Å². The number of carbonyl (C=O) groups is 1. The molecule has 0 bridgehead atoms. The van der Waals surface area contributed by atoms with Crippen molar-refractivity contribution in [2.75, 3.05) is 0 Å². The van der Waals surface area contributed by atoms with E-state index in [2.05, 4.69) is 23.7 Å². The molecule has 0 aromatic heterocycles. The van der Waals surface area contributed by atoms with E-state index in [1.54, 1.807) is 12.1 Å². The van der Waals surface area contributed by atoms with Gasteiger partial charge in [-0.25, -0.2) is 0 Å². The average Bonchev–Trinajstić information content (AvgIpc) is 2.66. The van der Waals surface area contributed by atoms with E-state index in [1.807, 2.05) is 66.7 Å². The highest BCUT2D eigenvalue weighted by Crippen LogP contribution is 2.16. The zero-order valence-corrected chi connectivity index (χ0v) is 14.0. The Bertz CT molecular complexity index is 938. The van der Waals surface area contributed by atoms with Crippen LogP contribution in [0.4, 0.5) is 0 Å². The first-order valence-electron chi connectivity index (χ1n) is 7.71. The van der Waals surface area contributed by atoms with Gasteiger partial charge in [0, 0.05) is 22.3 Å². The Balaban J connectivity index is 2.03. The lowest BCUT2D eigenvalue weighted by atomic mass is 10.0. The van der Waals surface area contributed by atoms with Gasteiger partial charge in [0.05, 0.1) is 5.56 Å². The standard InChI is InChI=1S/C23H13ClO/c24-23(25)22-20(16-14-18-8-3-1-4-9-18)12-7-13-21(22)17-15-19-10-5-2-6-11-19/h1-13H. The molecule has 3 aromatic carbocycles. The smallest absolute Gasteiger partial charge is 0.254 e. The summed E-state index contributed by atoms with van der Waals surface area (Å²) in [5, 5.41) is -0.560. The fraction of sp³-hybridized carbons (Fsp3) is 0. The Kier molecular flexibility index (Phi) is 5.32. The van der Waals surface area contributed by atoms with Crippen LogP contribution in [0.15, 0.2) is 78.9 Å². The molecule has 0 heterocycles. The lowest BCUT2D eigenvalue weighted by molar-refractivity contribution is 0.108. The highest BCUT2D eigenvalue weighted by Gasteiger charge is 2.12. The maximum Gasteiger partial charge on any atom is 0.254 e. The van der Waals surface area contributed by atoms with Gasteiger partial charge in [-0.05, 0) is 48.0 Å². The van der Waals surface area contributed by atoms with Crippen LogP contribution in [0.3, 0.4) is 0 Å². The zero-order valence-electron chi connectivity index (χ0n) is 13.3. The van der Waals surface area contributed by atoms with Crippen molar-refractivity contribution in [1.82, 2.24) is 0 Å². The van der Waals surface area contributed by atoms with Crippen molar-refractivity contribution < 1.29 is 4.79 Å². The molecular formula is C23H13ClO. The van der Waals surface area contributed by atoms with E-state index in [0.717, 1.165) is 11.1 Å². The molecule has 2 heteroatoms. The molecule has 1 nitrogen and oxygen atoms in total. The summed E-state index contributed by atoms with van der Waals surface area (Å²) in [6.45, 7) is 0. The van der Waals surface area contributed by atoms with Crippen LogP contribution in [-0.4, -0.2) is 5.24 Å². The molecular weight excluding hydrogens is 328 g/mol. The summed E-state index contributed by atoms with van der Waals surface area (Å²) in [5.74, 6) is 12.1. The van der Waals surface area contributed by atoms with Crippen LogP contribution in [0.1, 0.15) is 32.6 Å². The molecule has 0 spiro atoms. The molecule has 0 fully saturated rings. The van der Waals surface area contributed by atoms with E-state index in [-0.39, 0.29) is 0 Å². The molecule has 0 saturated heterocycles. The first-order chi connectivity index (χ1) is 12.2. The lowest BCUT2D eigenvalue weighted by Crippen LogP contribution is -1.98.